The van der Waals surface area contributed by atoms with Crippen molar-refractivity contribution in [3.63, 3.8) is 0 Å². The average molecular weight is 783 g/mol. The highest BCUT2D eigenvalue weighted by Crippen LogP contribution is 2.42. The molecule has 0 bridgehead atoms. The molecule has 3 amide bonds. The van der Waals surface area contributed by atoms with E-state index in [1.54, 1.807) is 13.8 Å². The number of aromatic nitrogens is 4. The number of nitrogens with two attached hydrogens (primary N) is 1. The van der Waals surface area contributed by atoms with Gasteiger partial charge < -0.3 is 16.0 Å². The third kappa shape index (κ3) is 10.5. The Morgan fingerprint density at radius 2 is 1.42 bits per heavy atom. The van der Waals surface area contributed by atoms with E-state index in [1.165, 1.54) is 13.8 Å². The summed E-state index contributed by atoms with van der Waals surface area (Å²) in [7, 11) is 0. The van der Waals surface area contributed by atoms with Crippen LogP contribution in [0.1, 0.15) is 83.3 Å². The van der Waals surface area contributed by atoms with Crippen LogP contribution >= 0.6 is 12.0 Å². The number of benzene rings is 1. The van der Waals surface area contributed by atoms with Crippen molar-refractivity contribution >= 4 is 47.1 Å². The second-order valence-electron chi connectivity index (χ2n) is 14.5. The number of hydrogen-bond donors (Lipinski definition) is 4. The van der Waals surface area contributed by atoms with Gasteiger partial charge in [0.15, 0.2) is 36.2 Å². The minimum absolute atomic E-state index is 0.0331. The van der Waals surface area contributed by atoms with Crippen molar-refractivity contribution in [2.45, 2.75) is 116 Å². The highest BCUT2D eigenvalue weighted by Gasteiger charge is 2.62. The predicted octanol–water partition coefficient (Wildman–Crippen LogP) is 1.24. The fraction of sp³-hybridized carbons (Fsp3) is 0.514. The molecule has 0 saturated carbocycles. The molecule has 0 unspecified atom stereocenters. The summed E-state index contributed by atoms with van der Waals surface area (Å²) in [4.78, 5) is 79.5. The Hall–Kier alpha value is -4.75. The summed E-state index contributed by atoms with van der Waals surface area (Å²) in [5.74, 6) is 6.36. The van der Waals surface area contributed by atoms with Crippen molar-refractivity contribution in [1.82, 2.24) is 25.1 Å². The monoisotopic (exact) mass is 782 g/mol. The molecule has 17 nitrogen and oxygen atoms in total. The first-order valence-corrected chi connectivity index (χ1v) is 19.2. The maximum atomic E-state index is 13.0. The van der Waals surface area contributed by atoms with Crippen LogP contribution in [-0.4, -0.2) is 73.9 Å². The molecule has 3 aromatic rings. The van der Waals surface area contributed by atoms with Crippen LogP contribution in [0, 0.1) is 0 Å². The molecule has 55 heavy (non-hydrogen) atoms. The van der Waals surface area contributed by atoms with E-state index in [0.717, 1.165) is 47.1 Å². The number of amides is 3. The average Bonchev–Trinajstić information content (AvgIpc) is 3.85. The highest BCUT2D eigenvalue weighted by molar-refractivity contribution is 7.94. The van der Waals surface area contributed by atoms with Crippen LogP contribution in [0.3, 0.4) is 0 Å². The van der Waals surface area contributed by atoms with Gasteiger partial charge in [-0.3, -0.25) is 24.0 Å². The van der Waals surface area contributed by atoms with E-state index >= 15 is 0 Å². The van der Waals surface area contributed by atoms with Crippen LogP contribution in [-0.2, 0) is 65.9 Å². The zero-order valence-corrected chi connectivity index (χ0v) is 32.6. The van der Waals surface area contributed by atoms with Gasteiger partial charge in [0.05, 0.1) is 30.7 Å². The minimum Gasteiger partial charge on any atom is -0.356 e. The van der Waals surface area contributed by atoms with Crippen LogP contribution in [0.25, 0.3) is 0 Å². The van der Waals surface area contributed by atoms with Crippen molar-refractivity contribution in [2.75, 3.05) is 13.1 Å². The predicted molar refractivity (Wildman–Crippen MR) is 197 cm³/mol. The maximum absolute atomic E-state index is 13.0. The van der Waals surface area contributed by atoms with Crippen molar-refractivity contribution in [3.05, 3.63) is 66.3 Å². The first-order chi connectivity index (χ1) is 26.3. The van der Waals surface area contributed by atoms with Gasteiger partial charge in [-0.1, -0.05) is 12.1 Å². The molecule has 5 rings (SSSR count). The molecular formula is C37H52N9O8S+3. The Morgan fingerprint density at radius 1 is 0.855 bits per heavy atom. The van der Waals surface area contributed by atoms with Crippen molar-refractivity contribution in [2.24, 2.45) is 5.90 Å². The van der Waals surface area contributed by atoms with Gasteiger partial charge in [0.25, 0.3) is 0 Å². The van der Waals surface area contributed by atoms with Gasteiger partial charge in [0.2, 0.25) is 5.91 Å². The molecule has 2 aromatic heterocycles. The second-order valence-corrected chi connectivity index (χ2v) is 15.3. The number of nitrogens with zero attached hydrogens (tertiary/aromatic N) is 5. The molecule has 0 aliphatic carbocycles. The van der Waals surface area contributed by atoms with Gasteiger partial charge in [0, 0.05) is 17.9 Å². The number of rotatable bonds is 22. The summed E-state index contributed by atoms with van der Waals surface area (Å²) >= 11 is 0.975. The molecule has 0 spiro atoms. The Bertz CT molecular complexity index is 1830. The SMILES string of the molecule is CC(=O)C[n+]1ccn2c1C[N+]1(CCCC[C@H](NC(=O)N[C@@H](CCC(=O)NCCc3ccc(SOON)cc3)C(C)=O)C(C)=O)Cc3n(cc[n+]3CC(C)=O)C21. The lowest BCUT2D eigenvalue weighted by Crippen LogP contribution is -2.50. The summed E-state index contributed by atoms with van der Waals surface area (Å²) in [6.07, 6.45) is 10.4. The van der Waals surface area contributed by atoms with Crippen LogP contribution < -0.4 is 31.0 Å². The van der Waals surface area contributed by atoms with Gasteiger partial charge >= 0.3 is 24.0 Å². The number of imidazole rings is 2. The molecule has 0 radical (unpaired) electrons. The smallest absolute Gasteiger partial charge is 0.356 e. The quantitative estimate of drug-likeness (QED) is 0.0287. The van der Waals surface area contributed by atoms with Gasteiger partial charge in [-0.05, 0) is 77.5 Å². The van der Waals surface area contributed by atoms with Crippen molar-refractivity contribution in [3.8, 4) is 0 Å². The summed E-state index contributed by atoms with van der Waals surface area (Å²) in [6, 6.07) is 5.17. The number of ketones is 4. The third-order valence-corrected chi connectivity index (χ3v) is 10.8. The fourth-order valence-electron chi connectivity index (χ4n) is 7.56. The van der Waals surface area contributed by atoms with Gasteiger partial charge in [-0.25, -0.2) is 18.4 Å². The van der Waals surface area contributed by atoms with Crippen LogP contribution in [0.15, 0.2) is 53.9 Å². The topological polar surface area (TPSA) is 201 Å². The largest absolute Gasteiger partial charge is 0.380 e. The number of carbonyl (C=O) groups is 6. The highest BCUT2D eigenvalue weighted by atomic mass is 32.2. The Labute approximate surface area is 324 Å². The first kappa shape index (κ1) is 41.4. The molecule has 1 aromatic carbocycles. The number of urea groups is 1. The van der Waals surface area contributed by atoms with E-state index in [1.807, 2.05) is 58.2 Å². The lowest BCUT2D eigenvalue weighted by atomic mass is 10.1. The van der Waals surface area contributed by atoms with E-state index in [4.69, 9.17) is 5.90 Å². The summed E-state index contributed by atoms with van der Waals surface area (Å²) < 4.78 is 13.7. The number of unbranched alkanes of at least 4 members (excludes halogenated alkanes) is 1. The first-order valence-electron chi connectivity index (χ1n) is 18.5. The second kappa shape index (κ2) is 18.7. The summed E-state index contributed by atoms with van der Waals surface area (Å²) in [5.41, 5.74) is 1.00. The van der Waals surface area contributed by atoms with Crippen LogP contribution in [0.2, 0.25) is 0 Å². The number of quaternary nitrogens is 1. The summed E-state index contributed by atoms with van der Waals surface area (Å²) in [6.45, 7) is 9.09. The Morgan fingerprint density at radius 3 is 1.95 bits per heavy atom. The zero-order valence-electron chi connectivity index (χ0n) is 31.8. The van der Waals surface area contributed by atoms with Gasteiger partial charge in [-0.2, -0.15) is 5.90 Å². The normalized spacial score (nSPS) is 17.8. The molecule has 2 aliphatic heterocycles. The molecule has 4 heterocycles. The lowest BCUT2D eigenvalue weighted by molar-refractivity contribution is -0.982. The Kier molecular flexibility index (Phi) is 14.1. The lowest BCUT2D eigenvalue weighted by Gasteiger charge is -2.28. The molecule has 2 atom stereocenters. The van der Waals surface area contributed by atoms with E-state index in [-0.39, 0.29) is 48.2 Å². The molecule has 296 valence electrons. The number of fused-ring (bicyclic) bond motifs is 5. The molecule has 0 fully saturated rings. The molecule has 5 N–H and O–H groups in total. The minimum atomic E-state index is -0.895. The van der Waals surface area contributed by atoms with Crippen molar-refractivity contribution < 1.29 is 51.7 Å². The molecule has 2 aliphatic rings. The van der Waals surface area contributed by atoms with Crippen LogP contribution in [0.5, 0.6) is 0 Å². The standard InChI is InChI=1S/C37H50N9O8S/c1-25(47)21-42-16-18-44-34(42)23-46(24-35-43(22-26(2)48)17-19-45(35)37(44)46)20-6-5-7-31(27(3)49)40-36(52)41-32(28(4)50)12-13-33(51)39-15-14-29-8-10-30(11-9-29)55-54-53-38/h8-11,16-19,31-32,37H,5-7,12-15,20-24,38H2,1-4H3,(H-2,39,40,41,51,52)/q+1/p+2/t31-,32-,37?,46?/m0/s1. The molecular weight excluding hydrogens is 731 g/mol. The number of nitrogens with one attached hydrogen (secondary N) is 3. The van der Waals surface area contributed by atoms with E-state index in [0.29, 0.717) is 56.5 Å². The van der Waals surface area contributed by atoms with Gasteiger partial charge in [0.1, 0.15) is 37.9 Å². The Balaban J connectivity index is 1.10. The van der Waals surface area contributed by atoms with Gasteiger partial charge in [-0.15, -0.1) is 18.5 Å². The maximum Gasteiger partial charge on any atom is 0.380 e. The molecule has 0 saturated heterocycles. The van der Waals surface area contributed by atoms with E-state index in [2.05, 4.69) is 34.4 Å². The zero-order chi connectivity index (χ0) is 39.7. The van der Waals surface area contributed by atoms with Crippen LogP contribution in [0.4, 0.5) is 4.79 Å². The summed E-state index contributed by atoms with van der Waals surface area (Å²) in [5, 5.41) is 8.24. The number of carbonyl (C=O) groups excluding carboxylic acids is 6. The number of hydrogen-bond acceptors (Lipinski definition) is 10. The van der Waals surface area contributed by atoms with E-state index in [9.17, 15) is 28.8 Å². The molecule has 18 heteroatoms. The van der Waals surface area contributed by atoms with Crippen molar-refractivity contribution in [1.29, 1.82) is 0 Å². The number of Topliss-reactive ketones (excluding diaryl/α,β-unsaturated/α-hetero) is 4. The fourth-order valence-corrected chi connectivity index (χ4v) is 7.93. The third-order valence-electron chi connectivity index (χ3n) is 10.2. The van der Waals surface area contributed by atoms with E-state index < -0.39 is 18.1 Å².